The minimum absolute atomic E-state index is 0. The van der Waals surface area contributed by atoms with Crippen LogP contribution in [0.2, 0.25) is 0 Å². The van der Waals surface area contributed by atoms with Gasteiger partial charge in [0.05, 0.1) is 18.2 Å². The van der Waals surface area contributed by atoms with E-state index in [1.807, 2.05) is 58.0 Å². The van der Waals surface area contributed by atoms with E-state index in [1.54, 1.807) is 24.3 Å². The van der Waals surface area contributed by atoms with Gasteiger partial charge in [0.15, 0.2) is 11.5 Å². The number of rotatable bonds is 6. The summed E-state index contributed by atoms with van der Waals surface area (Å²) in [6.07, 6.45) is 0. The minimum atomic E-state index is -1.00. The summed E-state index contributed by atoms with van der Waals surface area (Å²) in [5, 5.41) is 19.1. The third-order valence-corrected chi connectivity index (χ3v) is 9.87. The van der Waals surface area contributed by atoms with Crippen LogP contribution in [0.4, 0.5) is 0 Å². The van der Waals surface area contributed by atoms with Crippen LogP contribution in [0.15, 0.2) is 99.6 Å². The maximum Gasteiger partial charge on any atom is 1.00 e. The molecule has 0 aliphatic carbocycles. The number of aryl methyl sites for hydroxylation is 4. The maximum atomic E-state index is 11.6. The zero-order valence-corrected chi connectivity index (χ0v) is 33.4. The summed E-state index contributed by atoms with van der Waals surface area (Å²) in [4.78, 5) is 31.5. The predicted molar refractivity (Wildman–Crippen MR) is 204 cm³/mol. The van der Waals surface area contributed by atoms with Crippen LogP contribution in [0.1, 0.15) is 43.0 Å². The van der Waals surface area contributed by atoms with Gasteiger partial charge in [0.1, 0.15) is 11.2 Å². The van der Waals surface area contributed by atoms with E-state index >= 15 is 0 Å². The first-order valence-electron chi connectivity index (χ1n) is 16.0. The Morgan fingerprint density at radius 3 is 1.45 bits per heavy atom. The molecule has 2 N–H and O–H groups in total. The summed E-state index contributed by atoms with van der Waals surface area (Å²) in [6, 6.07) is 21.6. The molecule has 4 heterocycles. The van der Waals surface area contributed by atoms with Gasteiger partial charge in [-0.1, -0.05) is 66.4 Å². The quantitative estimate of drug-likeness (QED) is 0.129. The zero-order valence-electron chi connectivity index (χ0n) is 30.2. The molecule has 0 spiro atoms. The molecule has 0 amide bonds. The van der Waals surface area contributed by atoms with Gasteiger partial charge in [-0.3, -0.25) is 0 Å². The number of hydrogen-bond acceptors (Lipinski definition) is 12. The predicted octanol–water partition coefficient (Wildman–Crippen LogP) is 7.37. The molecular weight excluding hydrogens is 835 g/mol. The van der Waals surface area contributed by atoms with Gasteiger partial charge in [0.2, 0.25) is 11.6 Å². The number of carbonyl (C=O) groups excluding carboxylic acids is 1. The van der Waals surface area contributed by atoms with Crippen LogP contribution in [-0.4, -0.2) is 49.9 Å². The van der Waals surface area contributed by atoms with Crippen molar-refractivity contribution in [3.63, 3.8) is 0 Å². The van der Waals surface area contributed by atoms with Crippen LogP contribution in [0.25, 0.3) is 68.0 Å². The van der Waals surface area contributed by atoms with E-state index in [1.165, 1.54) is 19.2 Å². The molecular formula is C39H29Br2LiN4O9. The van der Waals surface area contributed by atoms with Crippen molar-refractivity contribution < 1.29 is 61.6 Å². The van der Waals surface area contributed by atoms with Gasteiger partial charge in [-0.05, 0) is 98.5 Å². The molecule has 0 bridgehead atoms. The van der Waals surface area contributed by atoms with Crippen molar-refractivity contribution in [3.05, 3.63) is 115 Å². The Labute approximate surface area is 341 Å². The van der Waals surface area contributed by atoms with Crippen molar-refractivity contribution in [2.75, 3.05) is 7.11 Å². The van der Waals surface area contributed by atoms with Crippen molar-refractivity contribution in [2.45, 2.75) is 27.7 Å². The number of halogens is 2. The molecule has 8 aromatic rings. The Balaban J connectivity index is 0.000000204. The van der Waals surface area contributed by atoms with Crippen molar-refractivity contribution >= 4 is 65.7 Å². The summed E-state index contributed by atoms with van der Waals surface area (Å²) < 4.78 is 28.6. The van der Waals surface area contributed by atoms with Crippen LogP contribution >= 0.6 is 31.9 Å². The number of nitrogens with zero attached hydrogens (tertiary/aromatic N) is 4. The zero-order chi connectivity index (χ0) is 37.6. The third kappa shape index (κ3) is 8.07. The summed E-state index contributed by atoms with van der Waals surface area (Å²) in [5.41, 5.74) is 7.84. The van der Waals surface area contributed by atoms with E-state index in [-0.39, 0.29) is 35.8 Å². The second kappa shape index (κ2) is 16.6. The molecule has 16 heteroatoms. The number of methoxy groups -OCH3 is 1. The fraction of sp³-hybridized carbons (Fsp3) is 0.128. The van der Waals surface area contributed by atoms with Crippen LogP contribution < -0.4 is 18.9 Å². The van der Waals surface area contributed by atoms with Crippen molar-refractivity contribution in [2.24, 2.45) is 0 Å². The summed E-state index contributed by atoms with van der Waals surface area (Å²) in [6.45, 7) is 8.02. The van der Waals surface area contributed by atoms with Gasteiger partial charge in [0.25, 0.3) is 11.8 Å². The number of benzene rings is 4. The Hall–Kier alpha value is -5.30. The van der Waals surface area contributed by atoms with Crippen LogP contribution in [-0.2, 0) is 4.74 Å². The Morgan fingerprint density at radius 2 is 1.05 bits per heavy atom. The van der Waals surface area contributed by atoms with E-state index in [0.29, 0.717) is 54.7 Å². The molecule has 274 valence electrons. The Bertz CT molecular complexity index is 2640. The Kier molecular flexibility index (Phi) is 12.3. The molecule has 13 nitrogen and oxygen atoms in total. The summed E-state index contributed by atoms with van der Waals surface area (Å²) in [5.74, 6) is 0.897. The normalized spacial score (nSPS) is 10.7. The first-order valence-corrected chi connectivity index (χ1v) is 17.6. The van der Waals surface area contributed by atoms with Crippen LogP contribution in [0.5, 0.6) is 0 Å². The number of carboxylic acid groups (broad SMARTS) is 1. The monoisotopic (exact) mass is 862 g/mol. The molecule has 0 unspecified atom stereocenters. The number of fused-ring (bicyclic) bond motifs is 2. The summed E-state index contributed by atoms with van der Waals surface area (Å²) >= 11 is 6.80. The standard InChI is InChI=1S/C20H15BrN2O4.C19H13BrN2O4.Li.H2O/c1-10-4-5-11(2)17-14(10)9-16(26-17)19-22-18(23-27-19)13-7-6-12(8-15(13)21)20(24)25-3;1-9-3-4-10(2)16-13(9)8-15(25-16)18-21-17(22-26-18)12-6-5-11(19(23)24)7-14(12)20;;/h4-9H,1-3H3;3-8H,1-2H3,(H,23,24);;1H2/q;;+1;/p-1. The average Bonchev–Trinajstić information content (AvgIpc) is 3.97. The molecule has 4 aromatic heterocycles. The molecule has 4 aromatic carbocycles. The van der Waals surface area contributed by atoms with Crippen molar-refractivity contribution in [1.29, 1.82) is 0 Å². The van der Waals surface area contributed by atoms with E-state index in [9.17, 15) is 9.59 Å². The number of aromatic nitrogens is 4. The largest absolute Gasteiger partial charge is 1.00 e. The number of carboxylic acids is 1. The van der Waals surface area contributed by atoms with Gasteiger partial charge < -0.3 is 33.2 Å². The van der Waals surface area contributed by atoms with Gasteiger partial charge in [0, 0.05) is 30.8 Å². The fourth-order valence-electron chi connectivity index (χ4n) is 5.63. The van der Waals surface area contributed by atoms with Crippen LogP contribution in [0, 0.1) is 27.7 Å². The minimum Gasteiger partial charge on any atom is -0.870 e. The van der Waals surface area contributed by atoms with Gasteiger partial charge in [-0.2, -0.15) is 9.97 Å². The molecule has 0 saturated heterocycles. The second-order valence-corrected chi connectivity index (χ2v) is 13.8. The van der Waals surface area contributed by atoms with Crippen molar-refractivity contribution in [1.82, 2.24) is 20.3 Å². The molecule has 55 heavy (non-hydrogen) atoms. The third-order valence-electron chi connectivity index (χ3n) is 8.56. The SMILES string of the molecule is COC(=O)c1ccc(-c2noc(-c3cc4c(C)ccc(C)c4o3)n2)c(Br)c1.Cc1ccc(C)c2oc(-c3nc(-c4ccc(C(=O)O)cc4Br)no3)cc12.[Li+].[OH-]. The van der Waals surface area contributed by atoms with Gasteiger partial charge in [-0.15, -0.1) is 0 Å². The molecule has 0 atom stereocenters. The first-order chi connectivity index (χ1) is 25.4. The molecule has 0 aliphatic rings. The fourth-order valence-corrected chi connectivity index (χ4v) is 6.74. The van der Waals surface area contributed by atoms with E-state index in [2.05, 4.69) is 58.2 Å². The molecule has 0 saturated carbocycles. The molecule has 0 fully saturated rings. The van der Waals surface area contributed by atoms with Crippen molar-refractivity contribution in [3.8, 4) is 46.1 Å². The average molecular weight is 864 g/mol. The Morgan fingerprint density at radius 1 is 0.636 bits per heavy atom. The van der Waals surface area contributed by atoms with Gasteiger partial charge >= 0.3 is 30.8 Å². The topological polar surface area (TPSA) is 198 Å². The number of carbonyl (C=O) groups is 2. The number of esters is 1. The van der Waals surface area contributed by atoms with Gasteiger partial charge in [-0.25, -0.2) is 9.59 Å². The molecule has 0 aliphatic heterocycles. The number of furan rings is 2. The van der Waals surface area contributed by atoms with Crippen LogP contribution in [0.3, 0.4) is 0 Å². The molecule has 8 rings (SSSR count). The maximum absolute atomic E-state index is 11.6. The number of hydrogen-bond donors (Lipinski definition) is 1. The van der Waals surface area contributed by atoms with E-state index in [4.69, 9.17) is 27.7 Å². The summed E-state index contributed by atoms with van der Waals surface area (Å²) in [7, 11) is 1.34. The number of ether oxygens (including phenoxy) is 1. The van der Waals surface area contributed by atoms with E-state index < -0.39 is 11.9 Å². The second-order valence-electron chi connectivity index (χ2n) is 12.1. The van der Waals surface area contributed by atoms with E-state index in [0.717, 1.165) is 44.2 Å². The number of aromatic carboxylic acids is 1. The first kappa shape index (κ1) is 40.9. The smallest absolute Gasteiger partial charge is 0.870 e. The molecule has 0 radical (unpaired) electrons.